The molecule has 0 unspecified atom stereocenters. The summed E-state index contributed by atoms with van der Waals surface area (Å²) in [6, 6.07) is 54.2. The summed E-state index contributed by atoms with van der Waals surface area (Å²) in [6.07, 6.45) is 0. The van der Waals surface area contributed by atoms with E-state index in [1.807, 2.05) is 23.5 Å². The zero-order valence-corrected chi connectivity index (χ0v) is 24.0. The lowest BCUT2D eigenvalue weighted by Crippen LogP contribution is -2.10. The fourth-order valence-corrected chi connectivity index (χ4v) is 7.76. The first-order valence-corrected chi connectivity index (χ1v) is 15.3. The molecule has 2 nitrogen and oxygen atoms in total. The van der Waals surface area contributed by atoms with Crippen LogP contribution in [0.4, 0.5) is 17.1 Å². The maximum atomic E-state index is 6.36. The topological polar surface area (TPSA) is 16.4 Å². The fourth-order valence-electron chi connectivity index (χ4n) is 6.49. The normalized spacial score (nSPS) is 11.7. The largest absolute Gasteiger partial charge is 0.455 e. The summed E-state index contributed by atoms with van der Waals surface area (Å²) in [4.78, 5) is 2.39. The molecular formula is C40H25NOS. The quantitative estimate of drug-likeness (QED) is 0.210. The second-order valence-electron chi connectivity index (χ2n) is 10.9. The first-order chi connectivity index (χ1) is 21.3. The number of nitrogens with zero attached hydrogens (tertiary/aromatic N) is 1. The average Bonchev–Trinajstić information content (AvgIpc) is 3.64. The highest BCUT2D eigenvalue weighted by Gasteiger charge is 2.19. The van der Waals surface area contributed by atoms with Crippen LogP contribution in [0.3, 0.4) is 0 Å². The van der Waals surface area contributed by atoms with Gasteiger partial charge in [-0.3, -0.25) is 0 Å². The molecule has 2 aromatic heterocycles. The van der Waals surface area contributed by atoms with Gasteiger partial charge in [-0.1, -0.05) is 109 Å². The molecule has 0 atom stereocenters. The second-order valence-corrected chi connectivity index (χ2v) is 12.0. The van der Waals surface area contributed by atoms with E-state index in [0.29, 0.717) is 0 Å². The number of hydrogen-bond acceptors (Lipinski definition) is 3. The van der Waals surface area contributed by atoms with Crippen molar-refractivity contribution in [2.24, 2.45) is 0 Å². The molecule has 3 heteroatoms. The molecule has 0 aliphatic heterocycles. The van der Waals surface area contributed by atoms with Crippen LogP contribution in [0.2, 0.25) is 0 Å². The van der Waals surface area contributed by atoms with Crippen molar-refractivity contribution in [1.29, 1.82) is 0 Å². The maximum absolute atomic E-state index is 6.36. The molecule has 0 bridgehead atoms. The Hall–Kier alpha value is -5.38. The van der Waals surface area contributed by atoms with Gasteiger partial charge in [0.15, 0.2) is 0 Å². The van der Waals surface area contributed by atoms with E-state index >= 15 is 0 Å². The molecule has 43 heavy (non-hydrogen) atoms. The van der Waals surface area contributed by atoms with Crippen molar-refractivity contribution in [2.75, 3.05) is 4.90 Å². The van der Waals surface area contributed by atoms with Crippen molar-refractivity contribution in [3.8, 4) is 11.1 Å². The Morgan fingerprint density at radius 2 is 1.21 bits per heavy atom. The van der Waals surface area contributed by atoms with Crippen molar-refractivity contribution >= 4 is 81.3 Å². The van der Waals surface area contributed by atoms with E-state index in [9.17, 15) is 0 Å². The molecule has 0 fully saturated rings. The molecule has 202 valence electrons. The van der Waals surface area contributed by atoms with E-state index in [2.05, 4.69) is 144 Å². The number of furan rings is 1. The predicted octanol–water partition coefficient (Wildman–Crippen LogP) is 12.2. The summed E-state index contributed by atoms with van der Waals surface area (Å²) < 4.78 is 9.00. The minimum absolute atomic E-state index is 0.917. The van der Waals surface area contributed by atoms with Gasteiger partial charge in [-0.2, -0.15) is 0 Å². The molecule has 0 radical (unpaired) electrons. The van der Waals surface area contributed by atoms with Gasteiger partial charge in [0.05, 0.1) is 5.69 Å². The van der Waals surface area contributed by atoms with Crippen LogP contribution in [0, 0.1) is 0 Å². The third kappa shape index (κ3) is 3.79. The van der Waals surface area contributed by atoms with E-state index < -0.39 is 0 Å². The van der Waals surface area contributed by atoms with Gasteiger partial charge in [0.25, 0.3) is 0 Å². The van der Waals surface area contributed by atoms with Gasteiger partial charge in [0.1, 0.15) is 11.2 Å². The standard InChI is InChI=1S/C40H25NOS/c1-2-11-28(12-3-1)41(35-17-8-10-27-22-25-34-32-14-5-7-19-37(32)43-40(34)38(27)35)29-23-20-26(21-24-29)30-15-9-16-33-31-13-4-6-18-36(31)42-39(30)33/h1-25H. The predicted molar refractivity (Wildman–Crippen MR) is 184 cm³/mol. The number of fused-ring (bicyclic) bond motifs is 8. The van der Waals surface area contributed by atoms with Gasteiger partial charge in [0.2, 0.25) is 0 Å². The van der Waals surface area contributed by atoms with Crippen LogP contribution in [-0.2, 0) is 0 Å². The van der Waals surface area contributed by atoms with Crippen molar-refractivity contribution in [3.05, 3.63) is 152 Å². The monoisotopic (exact) mass is 567 g/mol. The Labute approximate surface area is 252 Å². The third-order valence-corrected chi connectivity index (χ3v) is 9.67. The Morgan fingerprint density at radius 3 is 2.09 bits per heavy atom. The number of hydrogen-bond donors (Lipinski definition) is 0. The summed E-state index contributed by atoms with van der Waals surface area (Å²) in [7, 11) is 0. The number of para-hydroxylation sites is 3. The second kappa shape index (κ2) is 9.59. The lowest BCUT2D eigenvalue weighted by Gasteiger charge is -2.27. The molecular weight excluding hydrogens is 543 g/mol. The van der Waals surface area contributed by atoms with Crippen LogP contribution in [-0.4, -0.2) is 0 Å². The van der Waals surface area contributed by atoms with Gasteiger partial charge >= 0.3 is 0 Å². The van der Waals surface area contributed by atoms with Crippen molar-refractivity contribution in [1.82, 2.24) is 0 Å². The Kier molecular flexibility index (Phi) is 5.40. The molecule has 0 aliphatic rings. The SMILES string of the molecule is c1ccc(N(c2ccc(-c3cccc4c3oc3ccccc34)cc2)c2cccc3ccc4c5ccccc5sc4c23)cc1. The minimum Gasteiger partial charge on any atom is -0.455 e. The van der Waals surface area contributed by atoms with E-state index in [1.165, 1.54) is 36.6 Å². The zero-order valence-electron chi connectivity index (χ0n) is 23.2. The van der Waals surface area contributed by atoms with Gasteiger partial charge in [0, 0.05) is 53.3 Å². The van der Waals surface area contributed by atoms with Gasteiger partial charge in [-0.05, 0) is 53.4 Å². The molecule has 0 N–H and O–H groups in total. The van der Waals surface area contributed by atoms with Crippen LogP contribution in [0.15, 0.2) is 156 Å². The molecule has 2 heterocycles. The lowest BCUT2D eigenvalue weighted by molar-refractivity contribution is 0.670. The number of rotatable bonds is 4. The lowest BCUT2D eigenvalue weighted by atomic mass is 10.0. The smallest absolute Gasteiger partial charge is 0.143 e. The Bertz CT molecular complexity index is 2450. The first kappa shape index (κ1) is 24.2. The van der Waals surface area contributed by atoms with Crippen LogP contribution in [0.25, 0.3) is 64.0 Å². The molecule has 0 aliphatic carbocycles. The summed E-state index contributed by atoms with van der Waals surface area (Å²) >= 11 is 1.88. The summed E-state index contributed by atoms with van der Waals surface area (Å²) in [5, 5.41) is 7.44. The molecule has 0 spiro atoms. The summed E-state index contributed by atoms with van der Waals surface area (Å²) in [5.74, 6) is 0. The van der Waals surface area contributed by atoms with Crippen LogP contribution < -0.4 is 4.90 Å². The Morgan fingerprint density at radius 1 is 0.488 bits per heavy atom. The Balaban J connectivity index is 1.24. The van der Waals surface area contributed by atoms with E-state index in [0.717, 1.165) is 44.4 Å². The molecule has 9 aromatic rings. The summed E-state index contributed by atoms with van der Waals surface area (Å²) in [6.45, 7) is 0. The third-order valence-electron chi connectivity index (χ3n) is 8.46. The molecule has 9 rings (SSSR count). The highest BCUT2D eigenvalue weighted by atomic mass is 32.1. The van der Waals surface area contributed by atoms with Crippen molar-refractivity contribution in [2.45, 2.75) is 0 Å². The number of anilines is 3. The summed E-state index contributed by atoms with van der Waals surface area (Å²) in [5.41, 5.74) is 7.48. The molecule has 0 amide bonds. The minimum atomic E-state index is 0.917. The number of thiophene rings is 1. The van der Waals surface area contributed by atoms with Gasteiger partial charge < -0.3 is 9.32 Å². The van der Waals surface area contributed by atoms with Crippen LogP contribution in [0.5, 0.6) is 0 Å². The van der Waals surface area contributed by atoms with E-state index in [1.54, 1.807) is 0 Å². The van der Waals surface area contributed by atoms with Crippen molar-refractivity contribution < 1.29 is 4.42 Å². The van der Waals surface area contributed by atoms with Gasteiger partial charge in [-0.25, -0.2) is 0 Å². The fraction of sp³-hybridized carbons (Fsp3) is 0. The van der Waals surface area contributed by atoms with E-state index in [-0.39, 0.29) is 0 Å². The molecule has 0 saturated carbocycles. The zero-order chi connectivity index (χ0) is 28.3. The highest BCUT2D eigenvalue weighted by molar-refractivity contribution is 7.26. The van der Waals surface area contributed by atoms with E-state index in [4.69, 9.17) is 4.42 Å². The van der Waals surface area contributed by atoms with Gasteiger partial charge in [-0.15, -0.1) is 11.3 Å². The average molecular weight is 568 g/mol. The van der Waals surface area contributed by atoms with Crippen LogP contribution in [0.1, 0.15) is 0 Å². The molecule has 7 aromatic carbocycles. The number of benzene rings is 7. The van der Waals surface area contributed by atoms with Crippen LogP contribution >= 0.6 is 11.3 Å². The highest BCUT2D eigenvalue weighted by Crippen LogP contribution is 2.46. The first-order valence-electron chi connectivity index (χ1n) is 14.5. The van der Waals surface area contributed by atoms with Crippen molar-refractivity contribution in [3.63, 3.8) is 0 Å². The maximum Gasteiger partial charge on any atom is 0.143 e. The molecule has 0 saturated heterocycles.